The molecule has 0 fully saturated rings. The van der Waals surface area contributed by atoms with Gasteiger partial charge in [-0.1, -0.05) is 0 Å². The first-order valence-corrected chi connectivity index (χ1v) is 4.60. The van der Waals surface area contributed by atoms with E-state index in [2.05, 4.69) is 10.3 Å². The fourth-order valence-electron chi connectivity index (χ4n) is 0.991. The van der Waals surface area contributed by atoms with Gasteiger partial charge in [-0.2, -0.15) is 0 Å². The number of nitrogens with zero attached hydrogens (tertiary/aromatic N) is 2. The minimum absolute atomic E-state index is 0.0711. The number of amides is 2. The Bertz CT molecular complexity index is 317. The second-order valence-corrected chi connectivity index (χ2v) is 4.22. The molecule has 1 rings (SSSR count). The van der Waals surface area contributed by atoms with E-state index in [1.807, 2.05) is 0 Å². The number of likely N-dealkylation sites (N-methyl/N-ethyl adjacent to an activating group) is 1. The molecule has 0 aromatic carbocycles. The van der Waals surface area contributed by atoms with E-state index in [1.54, 1.807) is 27.8 Å². The van der Waals surface area contributed by atoms with E-state index in [9.17, 15) is 9.59 Å². The van der Waals surface area contributed by atoms with Gasteiger partial charge in [-0.15, -0.1) is 0 Å². The number of rotatable bonds is 0. The van der Waals surface area contributed by atoms with Crippen LogP contribution in [-0.2, 0) is 9.53 Å². The molecule has 1 heterocycles. The fraction of sp³-hybridized carbons (Fsp3) is 0.667. The summed E-state index contributed by atoms with van der Waals surface area (Å²) < 4.78 is 5.01. The average Bonchev–Trinajstić information content (AvgIpc) is 2.32. The van der Waals surface area contributed by atoms with E-state index in [1.165, 1.54) is 4.90 Å². The normalized spacial score (nSPS) is 16.4. The number of nitrogens with one attached hydrogen (secondary N) is 1. The largest absolute Gasteiger partial charge is 0.444 e. The van der Waals surface area contributed by atoms with E-state index in [0.717, 1.165) is 0 Å². The minimum atomic E-state index is -0.609. The molecule has 6 nitrogen and oxygen atoms in total. The predicted octanol–water partition coefficient (Wildman–Crippen LogP) is 0.339. The summed E-state index contributed by atoms with van der Waals surface area (Å²) in [5.41, 5.74) is -0.564. The van der Waals surface area contributed by atoms with Crippen molar-refractivity contribution in [2.75, 3.05) is 13.6 Å². The van der Waals surface area contributed by atoms with Crippen molar-refractivity contribution in [3.05, 3.63) is 0 Å². The number of hydrogen-bond acceptors (Lipinski definition) is 4. The topological polar surface area (TPSA) is 71.0 Å². The van der Waals surface area contributed by atoms with Crippen LogP contribution in [0.4, 0.5) is 4.79 Å². The van der Waals surface area contributed by atoms with Gasteiger partial charge in [0.25, 0.3) is 5.91 Å². The molecule has 0 aromatic heterocycles. The number of carbonyl (C=O) groups excluding carboxylic acids is 2. The molecular weight excluding hydrogens is 198 g/mol. The first-order chi connectivity index (χ1) is 6.79. The van der Waals surface area contributed by atoms with Crippen LogP contribution in [0.2, 0.25) is 0 Å². The van der Waals surface area contributed by atoms with E-state index in [-0.39, 0.29) is 18.4 Å². The zero-order chi connectivity index (χ0) is 11.6. The second kappa shape index (κ2) is 3.88. The molecular formula is C9H15N3O3. The lowest BCUT2D eigenvalue weighted by Gasteiger charge is -2.20. The third-order valence-electron chi connectivity index (χ3n) is 1.67. The lowest BCUT2D eigenvalue weighted by molar-refractivity contribution is -0.123. The fourth-order valence-corrected chi connectivity index (χ4v) is 0.991. The number of hydrogen-bond donors (Lipinski definition) is 1. The summed E-state index contributed by atoms with van der Waals surface area (Å²) in [7, 11) is 1.55. The summed E-state index contributed by atoms with van der Waals surface area (Å²) in [6.45, 7) is 5.36. The average molecular weight is 213 g/mol. The highest BCUT2D eigenvalue weighted by atomic mass is 16.6. The molecule has 1 N–H and O–H groups in total. The van der Waals surface area contributed by atoms with Crippen molar-refractivity contribution in [2.24, 2.45) is 4.99 Å². The van der Waals surface area contributed by atoms with Gasteiger partial charge >= 0.3 is 6.09 Å². The Balaban J connectivity index is 2.50. The minimum Gasteiger partial charge on any atom is -0.444 e. The second-order valence-electron chi connectivity index (χ2n) is 4.22. The van der Waals surface area contributed by atoms with E-state index in [4.69, 9.17) is 4.74 Å². The van der Waals surface area contributed by atoms with Crippen molar-refractivity contribution in [1.82, 2.24) is 10.2 Å². The van der Waals surface area contributed by atoms with Gasteiger partial charge in [-0.3, -0.25) is 15.0 Å². The van der Waals surface area contributed by atoms with E-state index >= 15 is 0 Å². The molecule has 0 aliphatic carbocycles. The Morgan fingerprint density at radius 1 is 1.53 bits per heavy atom. The summed E-state index contributed by atoms with van der Waals surface area (Å²) in [5, 5.41) is 2.41. The first kappa shape index (κ1) is 11.5. The molecule has 0 spiro atoms. The van der Waals surface area contributed by atoms with Crippen molar-refractivity contribution in [2.45, 2.75) is 26.4 Å². The summed E-state index contributed by atoms with van der Waals surface area (Å²) in [4.78, 5) is 27.5. The third-order valence-corrected chi connectivity index (χ3v) is 1.67. The van der Waals surface area contributed by atoms with Gasteiger partial charge in [0.15, 0.2) is 0 Å². The lowest BCUT2D eigenvalue weighted by atomic mass is 10.2. The van der Waals surface area contributed by atoms with Gasteiger partial charge in [0.2, 0.25) is 5.96 Å². The van der Waals surface area contributed by atoms with Crippen molar-refractivity contribution in [1.29, 1.82) is 0 Å². The van der Waals surface area contributed by atoms with Crippen molar-refractivity contribution in [3.8, 4) is 0 Å². The molecule has 0 unspecified atom stereocenters. The van der Waals surface area contributed by atoms with Crippen molar-refractivity contribution >= 4 is 18.0 Å². The monoisotopic (exact) mass is 213 g/mol. The SMILES string of the molecule is CN1C(=O)CN=C1NC(=O)OC(C)(C)C. The first-order valence-electron chi connectivity index (χ1n) is 4.60. The zero-order valence-corrected chi connectivity index (χ0v) is 9.33. The van der Waals surface area contributed by atoms with Gasteiger partial charge < -0.3 is 4.74 Å². The number of alkyl carbamates (subject to hydrolysis) is 1. The maximum atomic E-state index is 11.3. The van der Waals surface area contributed by atoms with Gasteiger partial charge in [0.1, 0.15) is 12.1 Å². The van der Waals surface area contributed by atoms with Gasteiger partial charge in [-0.25, -0.2) is 9.79 Å². The van der Waals surface area contributed by atoms with Crippen LogP contribution in [0.25, 0.3) is 0 Å². The molecule has 0 saturated carbocycles. The molecule has 0 saturated heterocycles. The highest BCUT2D eigenvalue weighted by Crippen LogP contribution is 2.07. The van der Waals surface area contributed by atoms with Gasteiger partial charge in [0.05, 0.1) is 0 Å². The number of guanidine groups is 1. The maximum Gasteiger partial charge on any atom is 0.414 e. The zero-order valence-electron chi connectivity index (χ0n) is 9.33. The highest BCUT2D eigenvalue weighted by Gasteiger charge is 2.25. The summed E-state index contributed by atoms with van der Waals surface area (Å²) in [6.07, 6.45) is -0.609. The smallest absolute Gasteiger partial charge is 0.414 e. The molecule has 0 atom stereocenters. The van der Waals surface area contributed by atoms with Crippen LogP contribution in [0.1, 0.15) is 20.8 Å². The Morgan fingerprint density at radius 3 is 2.53 bits per heavy atom. The molecule has 15 heavy (non-hydrogen) atoms. The molecule has 1 aliphatic heterocycles. The molecule has 2 amide bonds. The maximum absolute atomic E-state index is 11.3. The molecule has 6 heteroatoms. The summed E-state index contributed by atoms with van der Waals surface area (Å²) in [6, 6.07) is 0. The lowest BCUT2D eigenvalue weighted by Crippen LogP contribution is -2.43. The number of carbonyl (C=O) groups is 2. The van der Waals surface area contributed by atoms with Crippen LogP contribution < -0.4 is 5.32 Å². The van der Waals surface area contributed by atoms with Gasteiger partial charge in [0, 0.05) is 7.05 Å². The Labute approximate surface area is 88.3 Å². The van der Waals surface area contributed by atoms with Crippen LogP contribution in [0.3, 0.4) is 0 Å². The van der Waals surface area contributed by atoms with Crippen LogP contribution in [0.15, 0.2) is 4.99 Å². The summed E-state index contributed by atoms with van der Waals surface area (Å²) >= 11 is 0. The highest BCUT2D eigenvalue weighted by molar-refractivity contribution is 6.07. The van der Waals surface area contributed by atoms with Crippen LogP contribution in [0, 0.1) is 0 Å². The molecule has 84 valence electrons. The number of ether oxygens (including phenoxy) is 1. The standard InChI is InChI=1S/C9H15N3O3/c1-9(2,3)15-8(14)11-7-10-5-6(13)12(7)4/h5H2,1-4H3,(H,10,11,14). The summed E-state index contributed by atoms with van der Waals surface area (Å²) in [5.74, 6) is 0.0790. The Kier molecular flexibility index (Phi) is 2.97. The van der Waals surface area contributed by atoms with Crippen molar-refractivity contribution < 1.29 is 14.3 Å². The van der Waals surface area contributed by atoms with E-state index in [0.29, 0.717) is 0 Å². The quantitative estimate of drug-likeness (QED) is 0.630. The van der Waals surface area contributed by atoms with Gasteiger partial charge in [-0.05, 0) is 20.8 Å². The molecule has 1 aliphatic rings. The molecule has 0 radical (unpaired) electrons. The number of aliphatic imine (C=N–C) groups is 1. The van der Waals surface area contributed by atoms with Crippen molar-refractivity contribution in [3.63, 3.8) is 0 Å². The Hall–Kier alpha value is -1.59. The predicted molar refractivity (Wildman–Crippen MR) is 54.4 cm³/mol. The van der Waals surface area contributed by atoms with E-state index < -0.39 is 11.7 Å². The Morgan fingerprint density at radius 2 is 2.13 bits per heavy atom. The van der Waals surface area contributed by atoms with Crippen LogP contribution in [0.5, 0.6) is 0 Å². The molecule has 0 bridgehead atoms. The molecule has 0 aromatic rings. The third kappa shape index (κ3) is 3.23. The van der Waals surface area contributed by atoms with Crippen LogP contribution >= 0.6 is 0 Å². The van der Waals surface area contributed by atoms with Crippen LogP contribution in [-0.4, -0.2) is 42.1 Å².